The van der Waals surface area contributed by atoms with Crippen LogP contribution in [0.25, 0.3) is 10.6 Å². The lowest BCUT2D eigenvalue weighted by Gasteiger charge is -2.12. The molecular weight excluding hydrogens is 530 g/mol. The van der Waals surface area contributed by atoms with E-state index in [1.165, 1.54) is 30.8 Å². The summed E-state index contributed by atoms with van der Waals surface area (Å²) in [5.41, 5.74) is 3.20. The fraction of sp³-hybridized carbons (Fsp3) is 0.345. The number of nitrogens with one attached hydrogen (secondary N) is 2. The lowest BCUT2D eigenvalue weighted by Crippen LogP contribution is -2.23. The standard InChI is InChI=1S/C29H35N5O3S2/c1-2-3-4-5-8-28-32-29(38-33-28)23-11-15-26(16-12-23)39(36,37)34-25-13-9-22(10-14-25)17-19-31-21-27(35)24-7-6-18-30-20-24/h6-7,9-16,18,20,27,31,34-35H,2-5,8,17,19,21H2,1H3. The van der Waals surface area contributed by atoms with Gasteiger partial charge in [-0.05, 0) is 66.8 Å². The minimum Gasteiger partial charge on any atom is -0.387 e. The first-order chi connectivity index (χ1) is 18.9. The predicted octanol–water partition coefficient (Wildman–Crippen LogP) is 5.39. The maximum atomic E-state index is 12.9. The van der Waals surface area contributed by atoms with Gasteiger partial charge in [-0.25, -0.2) is 13.4 Å². The Hall–Kier alpha value is -3.18. The molecule has 0 fully saturated rings. The van der Waals surface area contributed by atoms with Crippen LogP contribution >= 0.6 is 11.5 Å². The number of unbranched alkanes of at least 4 members (excludes halogenated alkanes) is 3. The Labute approximate surface area is 234 Å². The monoisotopic (exact) mass is 565 g/mol. The molecule has 2 aromatic heterocycles. The van der Waals surface area contributed by atoms with Gasteiger partial charge < -0.3 is 10.4 Å². The quantitative estimate of drug-likeness (QED) is 0.166. The summed E-state index contributed by atoms with van der Waals surface area (Å²) in [6.07, 6.45) is 9.04. The number of aromatic nitrogens is 3. The Morgan fingerprint density at radius 2 is 1.77 bits per heavy atom. The molecule has 206 valence electrons. The van der Waals surface area contributed by atoms with Crippen LogP contribution in [0.5, 0.6) is 0 Å². The van der Waals surface area contributed by atoms with Crippen LogP contribution < -0.4 is 10.0 Å². The number of hydrogen-bond donors (Lipinski definition) is 3. The molecule has 0 amide bonds. The Morgan fingerprint density at radius 1 is 0.974 bits per heavy atom. The highest BCUT2D eigenvalue weighted by atomic mass is 32.2. The number of benzene rings is 2. The second-order valence-corrected chi connectivity index (χ2v) is 11.8. The van der Waals surface area contributed by atoms with Crippen molar-refractivity contribution in [3.05, 3.63) is 90.0 Å². The number of aliphatic hydroxyl groups is 1. The molecule has 2 heterocycles. The molecule has 0 saturated heterocycles. The van der Waals surface area contributed by atoms with Gasteiger partial charge in [0.2, 0.25) is 0 Å². The molecule has 0 aliphatic rings. The Kier molecular flexibility index (Phi) is 10.5. The van der Waals surface area contributed by atoms with Crippen molar-refractivity contribution in [2.24, 2.45) is 0 Å². The van der Waals surface area contributed by atoms with Gasteiger partial charge in [-0.2, -0.15) is 4.37 Å². The van der Waals surface area contributed by atoms with Gasteiger partial charge in [-0.1, -0.05) is 56.5 Å². The van der Waals surface area contributed by atoms with Gasteiger partial charge in [0, 0.05) is 42.2 Å². The van der Waals surface area contributed by atoms with Gasteiger partial charge in [0.05, 0.1) is 11.0 Å². The molecule has 0 radical (unpaired) electrons. The minimum atomic E-state index is -3.72. The highest BCUT2D eigenvalue weighted by Gasteiger charge is 2.15. The van der Waals surface area contributed by atoms with E-state index in [1.54, 1.807) is 54.9 Å². The summed E-state index contributed by atoms with van der Waals surface area (Å²) in [6.45, 7) is 3.31. The van der Waals surface area contributed by atoms with Crippen LogP contribution in [0.15, 0.2) is 78.0 Å². The third-order valence-corrected chi connectivity index (χ3v) is 8.54. The first-order valence-electron chi connectivity index (χ1n) is 13.3. The zero-order valence-corrected chi connectivity index (χ0v) is 23.7. The fourth-order valence-corrected chi connectivity index (χ4v) is 5.85. The molecule has 3 N–H and O–H groups in total. The molecule has 39 heavy (non-hydrogen) atoms. The van der Waals surface area contributed by atoms with Crippen molar-refractivity contribution >= 4 is 27.2 Å². The van der Waals surface area contributed by atoms with Crippen LogP contribution in [0.3, 0.4) is 0 Å². The first-order valence-corrected chi connectivity index (χ1v) is 15.5. The van der Waals surface area contributed by atoms with E-state index in [-0.39, 0.29) is 4.90 Å². The van der Waals surface area contributed by atoms with E-state index in [4.69, 9.17) is 0 Å². The number of sulfonamides is 1. The van der Waals surface area contributed by atoms with Gasteiger partial charge in [0.15, 0.2) is 0 Å². The summed E-state index contributed by atoms with van der Waals surface area (Å²) in [7, 11) is -3.72. The van der Waals surface area contributed by atoms with Crippen molar-refractivity contribution in [3.8, 4) is 10.6 Å². The Bertz CT molecular complexity index is 1390. The number of rotatable bonds is 15. The summed E-state index contributed by atoms with van der Waals surface area (Å²) in [6, 6.07) is 17.7. The minimum absolute atomic E-state index is 0.191. The van der Waals surface area contributed by atoms with Crippen LogP contribution in [0.1, 0.15) is 55.7 Å². The molecule has 1 atom stereocenters. The summed E-state index contributed by atoms with van der Waals surface area (Å²) >= 11 is 1.35. The van der Waals surface area contributed by atoms with E-state index in [0.29, 0.717) is 18.8 Å². The third kappa shape index (κ3) is 8.66. The van der Waals surface area contributed by atoms with Crippen molar-refractivity contribution in [2.45, 2.75) is 56.4 Å². The average molecular weight is 566 g/mol. The van der Waals surface area contributed by atoms with E-state index in [0.717, 1.165) is 46.8 Å². The van der Waals surface area contributed by atoms with Crippen molar-refractivity contribution in [1.29, 1.82) is 0 Å². The first kappa shape index (κ1) is 28.8. The maximum Gasteiger partial charge on any atom is 0.261 e. The summed E-state index contributed by atoms with van der Waals surface area (Å²) in [4.78, 5) is 8.83. The molecular formula is C29H35N5O3S2. The zero-order valence-electron chi connectivity index (χ0n) is 22.1. The van der Waals surface area contributed by atoms with Gasteiger partial charge in [-0.3, -0.25) is 9.71 Å². The highest BCUT2D eigenvalue weighted by Crippen LogP contribution is 2.25. The van der Waals surface area contributed by atoms with E-state index >= 15 is 0 Å². The molecule has 0 spiro atoms. The largest absolute Gasteiger partial charge is 0.387 e. The lowest BCUT2D eigenvalue weighted by atomic mass is 10.1. The van der Waals surface area contributed by atoms with Crippen LogP contribution in [-0.4, -0.2) is 41.0 Å². The summed E-state index contributed by atoms with van der Waals surface area (Å²) in [5.74, 6) is 0.853. The smallest absolute Gasteiger partial charge is 0.261 e. The molecule has 10 heteroatoms. The van der Waals surface area contributed by atoms with E-state index in [1.807, 2.05) is 18.2 Å². The summed E-state index contributed by atoms with van der Waals surface area (Å²) in [5, 5.41) is 14.2. The fourth-order valence-electron chi connectivity index (χ4n) is 4.08. The van der Waals surface area contributed by atoms with Crippen molar-refractivity contribution in [1.82, 2.24) is 19.7 Å². The van der Waals surface area contributed by atoms with Crippen molar-refractivity contribution in [2.75, 3.05) is 17.8 Å². The second kappa shape index (κ2) is 14.3. The third-order valence-electron chi connectivity index (χ3n) is 6.34. The van der Waals surface area contributed by atoms with Gasteiger partial charge in [0.1, 0.15) is 10.8 Å². The number of hydrogen-bond acceptors (Lipinski definition) is 8. The Balaban J connectivity index is 1.26. The predicted molar refractivity (Wildman–Crippen MR) is 156 cm³/mol. The zero-order chi connectivity index (χ0) is 27.5. The van der Waals surface area contributed by atoms with E-state index in [9.17, 15) is 13.5 Å². The molecule has 8 nitrogen and oxygen atoms in total. The van der Waals surface area contributed by atoms with E-state index in [2.05, 4.69) is 31.3 Å². The lowest BCUT2D eigenvalue weighted by molar-refractivity contribution is 0.174. The van der Waals surface area contributed by atoms with Crippen LogP contribution in [0.4, 0.5) is 5.69 Å². The topological polar surface area (TPSA) is 117 Å². The number of aryl methyl sites for hydroxylation is 1. The molecule has 4 aromatic rings. The molecule has 0 saturated carbocycles. The number of pyridine rings is 1. The number of aliphatic hydroxyl groups excluding tert-OH is 1. The SMILES string of the molecule is CCCCCCc1nsc(-c2ccc(S(=O)(=O)Nc3ccc(CCNCC(O)c4cccnc4)cc3)cc2)n1. The van der Waals surface area contributed by atoms with Crippen LogP contribution in [0, 0.1) is 0 Å². The highest BCUT2D eigenvalue weighted by molar-refractivity contribution is 7.92. The van der Waals surface area contributed by atoms with Crippen molar-refractivity contribution in [3.63, 3.8) is 0 Å². The number of nitrogens with zero attached hydrogens (tertiary/aromatic N) is 3. The Morgan fingerprint density at radius 3 is 2.49 bits per heavy atom. The average Bonchev–Trinajstić information content (AvgIpc) is 3.44. The molecule has 0 bridgehead atoms. The number of anilines is 1. The van der Waals surface area contributed by atoms with E-state index < -0.39 is 16.1 Å². The van der Waals surface area contributed by atoms with Crippen molar-refractivity contribution < 1.29 is 13.5 Å². The van der Waals surface area contributed by atoms with Gasteiger partial charge in [-0.15, -0.1) is 0 Å². The summed E-state index contributed by atoms with van der Waals surface area (Å²) < 4.78 is 33.0. The maximum absolute atomic E-state index is 12.9. The van der Waals surface area contributed by atoms with Gasteiger partial charge >= 0.3 is 0 Å². The second-order valence-electron chi connectivity index (χ2n) is 9.41. The molecule has 2 aromatic carbocycles. The molecule has 4 rings (SSSR count). The normalized spacial score (nSPS) is 12.4. The van der Waals surface area contributed by atoms with Crippen LogP contribution in [0.2, 0.25) is 0 Å². The van der Waals surface area contributed by atoms with Gasteiger partial charge in [0.25, 0.3) is 10.0 Å². The van der Waals surface area contributed by atoms with Crippen LogP contribution in [-0.2, 0) is 22.9 Å². The molecule has 1 unspecified atom stereocenters. The molecule has 0 aliphatic carbocycles. The molecule has 0 aliphatic heterocycles.